The van der Waals surface area contributed by atoms with Gasteiger partial charge in [-0.15, -0.1) is 11.3 Å². The van der Waals surface area contributed by atoms with Gasteiger partial charge in [0.15, 0.2) is 5.78 Å². The number of aromatic nitrogens is 1. The van der Waals surface area contributed by atoms with Gasteiger partial charge in [0.2, 0.25) is 5.91 Å². The van der Waals surface area contributed by atoms with Crippen molar-refractivity contribution >= 4 is 35.2 Å². The summed E-state index contributed by atoms with van der Waals surface area (Å²) in [6.45, 7) is -0.128. The molecule has 7 nitrogen and oxygen atoms in total. The lowest BCUT2D eigenvalue weighted by Crippen LogP contribution is -2.38. The zero-order valence-corrected chi connectivity index (χ0v) is 19.5. The van der Waals surface area contributed by atoms with Crippen LogP contribution < -0.4 is 24.8 Å². The molecule has 0 aliphatic carbocycles. The Bertz CT molecular complexity index is 1520. The Morgan fingerprint density at radius 1 is 1.11 bits per heavy atom. The summed E-state index contributed by atoms with van der Waals surface area (Å²) < 4.78 is 25.6. The third-order valence-corrected chi connectivity index (χ3v) is 6.13. The van der Waals surface area contributed by atoms with E-state index in [0.29, 0.717) is 31.8 Å². The first-order chi connectivity index (χ1) is 16.9. The van der Waals surface area contributed by atoms with Crippen LogP contribution in [0.1, 0.15) is 21.7 Å². The molecule has 2 aromatic heterocycles. The minimum absolute atomic E-state index is 0.165. The molecular weight excluding hydrogens is 471 g/mol. The fourth-order valence-electron chi connectivity index (χ4n) is 3.34. The average Bonchev–Trinajstić information content (AvgIpc) is 3.48. The highest BCUT2D eigenvalue weighted by molar-refractivity contribution is 7.07. The van der Waals surface area contributed by atoms with Crippen LogP contribution in [0.2, 0.25) is 0 Å². The summed E-state index contributed by atoms with van der Waals surface area (Å²) in [5.41, 5.74) is 0.502. The zero-order chi connectivity index (χ0) is 24.8. The van der Waals surface area contributed by atoms with Crippen LogP contribution in [0.15, 0.2) is 76.1 Å². The molecule has 2 aromatic carbocycles. The molecule has 0 atom stereocenters. The summed E-state index contributed by atoms with van der Waals surface area (Å²) in [5, 5.41) is 2.70. The standard InChI is InChI=1S/C26H21FN2O5S/c1-33-22-7-3-2-6-20(22)21(30)14-25-29(16-24(31)28-15-19-5-4-12-34-19)26(32)23(35-25)13-17-8-10-18(27)11-9-17/h2-14H,15-16H2,1H3,(H,28,31). The lowest BCUT2D eigenvalue weighted by molar-refractivity contribution is -0.122. The van der Waals surface area contributed by atoms with Crippen molar-refractivity contribution in [2.24, 2.45) is 0 Å². The minimum atomic E-state index is -0.438. The molecule has 2 heterocycles. The summed E-state index contributed by atoms with van der Waals surface area (Å²) in [5.74, 6) is -0.223. The highest BCUT2D eigenvalue weighted by Gasteiger charge is 2.14. The number of benzene rings is 2. The van der Waals surface area contributed by atoms with Crippen LogP contribution >= 0.6 is 11.3 Å². The predicted molar refractivity (Wildman–Crippen MR) is 130 cm³/mol. The molecule has 0 unspecified atom stereocenters. The third-order valence-electron chi connectivity index (χ3n) is 5.07. The van der Waals surface area contributed by atoms with Gasteiger partial charge < -0.3 is 14.5 Å². The van der Waals surface area contributed by atoms with E-state index >= 15 is 0 Å². The number of ketones is 1. The lowest BCUT2D eigenvalue weighted by atomic mass is 10.1. The Morgan fingerprint density at radius 2 is 1.89 bits per heavy atom. The molecule has 0 aliphatic heterocycles. The maximum absolute atomic E-state index is 13.3. The molecule has 0 fully saturated rings. The lowest BCUT2D eigenvalue weighted by Gasteiger charge is -2.05. The van der Waals surface area contributed by atoms with Gasteiger partial charge in [-0.25, -0.2) is 4.39 Å². The number of nitrogens with zero attached hydrogens (tertiary/aromatic N) is 1. The van der Waals surface area contributed by atoms with Crippen molar-refractivity contribution in [2.45, 2.75) is 13.1 Å². The first kappa shape index (κ1) is 23.9. The maximum atomic E-state index is 13.3. The van der Waals surface area contributed by atoms with Crippen LogP contribution in [0.3, 0.4) is 0 Å². The van der Waals surface area contributed by atoms with Crippen molar-refractivity contribution in [2.75, 3.05) is 7.11 Å². The topological polar surface area (TPSA) is 90.5 Å². The summed E-state index contributed by atoms with van der Waals surface area (Å²) in [7, 11) is 1.46. The fourth-order valence-corrected chi connectivity index (χ4v) is 4.38. The summed E-state index contributed by atoms with van der Waals surface area (Å²) in [6, 6.07) is 15.8. The molecule has 1 N–H and O–H groups in total. The van der Waals surface area contributed by atoms with Gasteiger partial charge in [0.05, 0.1) is 30.0 Å². The van der Waals surface area contributed by atoms with Crippen molar-refractivity contribution < 1.29 is 23.1 Å². The van der Waals surface area contributed by atoms with E-state index in [-0.39, 0.29) is 18.9 Å². The molecule has 1 amide bonds. The minimum Gasteiger partial charge on any atom is -0.496 e. The van der Waals surface area contributed by atoms with E-state index in [2.05, 4.69) is 5.32 Å². The second kappa shape index (κ2) is 10.8. The van der Waals surface area contributed by atoms with E-state index in [1.165, 1.54) is 48.3 Å². The molecule has 4 aromatic rings. The first-order valence-corrected chi connectivity index (χ1v) is 11.4. The SMILES string of the molecule is COc1ccccc1C(=O)C=c1sc(=Cc2ccc(F)cc2)c(=O)n1CC(=O)NCc1ccco1. The van der Waals surface area contributed by atoms with Crippen molar-refractivity contribution in [1.29, 1.82) is 0 Å². The largest absolute Gasteiger partial charge is 0.496 e. The van der Waals surface area contributed by atoms with Gasteiger partial charge >= 0.3 is 0 Å². The van der Waals surface area contributed by atoms with Crippen LogP contribution in [-0.2, 0) is 17.9 Å². The van der Waals surface area contributed by atoms with Gasteiger partial charge in [0, 0.05) is 6.08 Å². The van der Waals surface area contributed by atoms with E-state index in [0.717, 1.165) is 11.3 Å². The van der Waals surface area contributed by atoms with Crippen molar-refractivity contribution in [3.05, 3.63) is 109 Å². The van der Waals surface area contributed by atoms with Gasteiger partial charge in [-0.05, 0) is 48.0 Å². The number of amides is 1. The molecule has 0 spiro atoms. The van der Waals surface area contributed by atoms with Crippen LogP contribution in [0, 0.1) is 5.82 Å². The molecule has 4 rings (SSSR count). The second-order valence-electron chi connectivity index (χ2n) is 7.46. The smallest absolute Gasteiger partial charge is 0.269 e. The van der Waals surface area contributed by atoms with Crippen LogP contribution in [0.4, 0.5) is 4.39 Å². The number of furan rings is 1. The number of hydrogen-bond donors (Lipinski definition) is 1. The van der Waals surface area contributed by atoms with Crippen LogP contribution in [-0.4, -0.2) is 23.4 Å². The summed E-state index contributed by atoms with van der Waals surface area (Å²) in [4.78, 5) is 38.8. The number of rotatable bonds is 8. The van der Waals surface area contributed by atoms with Gasteiger partial charge in [0.1, 0.15) is 28.5 Å². The number of carbonyl (C=O) groups is 2. The number of thiazole rings is 1. The molecule has 0 bridgehead atoms. The number of methoxy groups -OCH3 is 1. The third kappa shape index (κ3) is 5.82. The van der Waals surface area contributed by atoms with E-state index in [9.17, 15) is 18.8 Å². The molecule has 0 saturated heterocycles. The number of Topliss-reactive ketones (excluding diaryl/α,β-unsaturated/α-hetero) is 1. The Balaban J connectivity index is 1.73. The molecule has 35 heavy (non-hydrogen) atoms. The Morgan fingerprint density at radius 3 is 2.60 bits per heavy atom. The van der Waals surface area contributed by atoms with Crippen molar-refractivity contribution in [1.82, 2.24) is 9.88 Å². The van der Waals surface area contributed by atoms with Gasteiger partial charge in [-0.2, -0.15) is 0 Å². The van der Waals surface area contributed by atoms with Crippen LogP contribution in [0.25, 0.3) is 12.2 Å². The Kier molecular flexibility index (Phi) is 7.37. The Hall–Kier alpha value is -4.24. The molecule has 0 saturated carbocycles. The number of hydrogen-bond acceptors (Lipinski definition) is 6. The van der Waals surface area contributed by atoms with E-state index in [4.69, 9.17) is 9.15 Å². The van der Waals surface area contributed by atoms with Crippen molar-refractivity contribution in [3.63, 3.8) is 0 Å². The highest BCUT2D eigenvalue weighted by atomic mass is 32.1. The summed E-state index contributed by atoms with van der Waals surface area (Å²) >= 11 is 1.06. The number of nitrogens with one attached hydrogen (secondary N) is 1. The maximum Gasteiger partial charge on any atom is 0.269 e. The normalized spacial score (nSPS) is 12.1. The van der Waals surface area contributed by atoms with E-state index < -0.39 is 17.3 Å². The number of carbonyl (C=O) groups excluding carboxylic acids is 2. The fraction of sp³-hybridized carbons (Fsp3) is 0.115. The first-order valence-electron chi connectivity index (χ1n) is 10.6. The van der Waals surface area contributed by atoms with Gasteiger partial charge in [0.25, 0.3) is 5.56 Å². The zero-order valence-electron chi connectivity index (χ0n) is 18.7. The molecule has 0 aliphatic rings. The molecule has 0 radical (unpaired) electrons. The quantitative estimate of drug-likeness (QED) is 0.382. The molecule has 178 valence electrons. The second-order valence-corrected chi connectivity index (χ2v) is 8.52. The highest BCUT2D eigenvalue weighted by Crippen LogP contribution is 2.18. The average molecular weight is 493 g/mol. The van der Waals surface area contributed by atoms with Gasteiger partial charge in [-0.1, -0.05) is 24.3 Å². The number of para-hydroxylation sites is 1. The molecular formula is C26H21FN2O5S. The number of halogens is 1. The van der Waals surface area contributed by atoms with E-state index in [1.54, 1.807) is 42.5 Å². The van der Waals surface area contributed by atoms with Gasteiger partial charge in [-0.3, -0.25) is 19.0 Å². The van der Waals surface area contributed by atoms with E-state index in [1.807, 2.05) is 0 Å². The monoisotopic (exact) mass is 492 g/mol. The Labute approximate surface area is 203 Å². The molecule has 9 heteroatoms. The predicted octanol–water partition coefficient (Wildman–Crippen LogP) is 2.46. The number of ether oxygens (including phenoxy) is 1. The van der Waals surface area contributed by atoms with Crippen molar-refractivity contribution in [3.8, 4) is 5.75 Å². The summed E-state index contributed by atoms with van der Waals surface area (Å²) in [6.07, 6.45) is 4.40. The van der Waals surface area contributed by atoms with Crippen LogP contribution in [0.5, 0.6) is 5.75 Å².